The molecule has 2 fully saturated rings. The van der Waals surface area contributed by atoms with Gasteiger partial charge in [-0.3, -0.25) is 0 Å². The number of carbonyl (C=O) groups excluding carboxylic acids is 1. The van der Waals surface area contributed by atoms with Crippen molar-refractivity contribution in [2.75, 3.05) is 19.6 Å². The van der Waals surface area contributed by atoms with Crippen molar-refractivity contribution >= 4 is 6.09 Å². The van der Waals surface area contributed by atoms with Gasteiger partial charge in [0.05, 0.1) is 5.60 Å². The second-order valence-electron chi connectivity index (χ2n) is 7.22. The van der Waals surface area contributed by atoms with Crippen LogP contribution < -0.4 is 5.32 Å². The van der Waals surface area contributed by atoms with Gasteiger partial charge < -0.3 is 20.1 Å². The molecule has 1 atom stereocenters. The van der Waals surface area contributed by atoms with Gasteiger partial charge in [-0.15, -0.1) is 0 Å². The Labute approximate surface area is 121 Å². The van der Waals surface area contributed by atoms with E-state index in [9.17, 15) is 9.90 Å². The molecule has 0 bridgehead atoms. The molecular weight excluding hydrogens is 256 g/mol. The summed E-state index contributed by atoms with van der Waals surface area (Å²) >= 11 is 0. The van der Waals surface area contributed by atoms with Crippen LogP contribution in [-0.4, -0.2) is 53.0 Å². The van der Waals surface area contributed by atoms with E-state index in [4.69, 9.17) is 4.74 Å². The lowest BCUT2D eigenvalue weighted by atomic mass is 9.80. The molecule has 20 heavy (non-hydrogen) atoms. The van der Waals surface area contributed by atoms with E-state index in [1.807, 2.05) is 20.8 Å². The Balaban J connectivity index is 1.77. The summed E-state index contributed by atoms with van der Waals surface area (Å²) < 4.78 is 5.41. The second-order valence-corrected chi connectivity index (χ2v) is 7.22. The van der Waals surface area contributed by atoms with Crippen LogP contribution in [0.5, 0.6) is 0 Å². The third-order valence-electron chi connectivity index (χ3n) is 4.08. The normalized spacial score (nSPS) is 26.0. The summed E-state index contributed by atoms with van der Waals surface area (Å²) in [6.07, 6.45) is 4.70. The quantitative estimate of drug-likeness (QED) is 0.831. The predicted molar refractivity (Wildman–Crippen MR) is 77.6 cm³/mol. The average molecular weight is 284 g/mol. The van der Waals surface area contributed by atoms with Crippen molar-refractivity contribution in [1.29, 1.82) is 0 Å². The molecule has 2 N–H and O–H groups in total. The Morgan fingerprint density at radius 1 is 1.40 bits per heavy atom. The molecule has 0 aromatic rings. The summed E-state index contributed by atoms with van der Waals surface area (Å²) in [5.41, 5.74) is -0.952. The van der Waals surface area contributed by atoms with E-state index in [-0.39, 0.29) is 12.1 Å². The molecule has 1 saturated heterocycles. The van der Waals surface area contributed by atoms with Crippen molar-refractivity contribution in [2.24, 2.45) is 0 Å². The topological polar surface area (TPSA) is 61.8 Å². The van der Waals surface area contributed by atoms with Crippen molar-refractivity contribution in [3.05, 3.63) is 0 Å². The number of nitrogens with one attached hydrogen (secondary N) is 1. The van der Waals surface area contributed by atoms with Gasteiger partial charge in [0.1, 0.15) is 5.60 Å². The Morgan fingerprint density at radius 3 is 2.65 bits per heavy atom. The van der Waals surface area contributed by atoms with Gasteiger partial charge in [0.15, 0.2) is 0 Å². The fraction of sp³-hybridized carbons (Fsp3) is 0.933. The molecule has 1 unspecified atom stereocenters. The second kappa shape index (κ2) is 5.90. The number of likely N-dealkylation sites (tertiary alicyclic amines) is 1. The molecule has 0 aromatic carbocycles. The highest BCUT2D eigenvalue weighted by atomic mass is 16.6. The first kappa shape index (κ1) is 15.6. The minimum absolute atomic E-state index is 0.230. The van der Waals surface area contributed by atoms with Crippen LogP contribution >= 0.6 is 0 Å². The van der Waals surface area contributed by atoms with Gasteiger partial charge in [-0.25, -0.2) is 4.79 Å². The molecule has 2 rings (SSSR count). The van der Waals surface area contributed by atoms with Crippen LogP contribution in [0.15, 0.2) is 0 Å². The van der Waals surface area contributed by atoms with Gasteiger partial charge in [-0.2, -0.15) is 0 Å². The Kier molecular flexibility index (Phi) is 4.59. The molecule has 1 aliphatic carbocycles. The highest BCUT2D eigenvalue weighted by molar-refractivity contribution is 5.68. The van der Waals surface area contributed by atoms with E-state index in [1.165, 1.54) is 0 Å². The lowest BCUT2D eigenvalue weighted by molar-refractivity contribution is -0.0352. The first-order valence-electron chi connectivity index (χ1n) is 7.71. The first-order valence-corrected chi connectivity index (χ1v) is 7.71. The smallest absolute Gasteiger partial charge is 0.410 e. The number of hydrogen-bond donors (Lipinski definition) is 2. The van der Waals surface area contributed by atoms with Crippen LogP contribution in [-0.2, 0) is 4.74 Å². The van der Waals surface area contributed by atoms with E-state index in [2.05, 4.69) is 5.32 Å². The van der Waals surface area contributed by atoms with Crippen molar-refractivity contribution in [3.8, 4) is 0 Å². The summed E-state index contributed by atoms with van der Waals surface area (Å²) in [5.74, 6) is 0. The molecule has 0 radical (unpaired) electrons. The lowest BCUT2D eigenvalue weighted by Gasteiger charge is -2.40. The molecule has 1 amide bonds. The van der Waals surface area contributed by atoms with Crippen molar-refractivity contribution < 1.29 is 14.6 Å². The van der Waals surface area contributed by atoms with E-state index in [1.54, 1.807) is 4.90 Å². The van der Waals surface area contributed by atoms with Gasteiger partial charge in [-0.1, -0.05) is 0 Å². The molecule has 1 saturated carbocycles. The van der Waals surface area contributed by atoms with E-state index >= 15 is 0 Å². The van der Waals surface area contributed by atoms with E-state index in [0.29, 0.717) is 13.1 Å². The largest absolute Gasteiger partial charge is 0.444 e. The van der Waals surface area contributed by atoms with Gasteiger partial charge in [-0.05, 0) is 52.9 Å². The van der Waals surface area contributed by atoms with Crippen LogP contribution in [0.4, 0.5) is 4.79 Å². The minimum Gasteiger partial charge on any atom is -0.444 e. The van der Waals surface area contributed by atoms with Gasteiger partial charge >= 0.3 is 6.09 Å². The number of amides is 1. The van der Waals surface area contributed by atoms with Gasteiger partial charge in [0.25, 0.3) is 0 Å². The fourth-order valence-corrected chi connectivity index (χ4v) is 2.73. The molecular formula is C15H28N2O3. The Bertz CT molecular complexity index is 348. The average Bonchev–Trinajstić information content (AvgIpc) is 2.32. The minimum atomic E-state index is -0.506. The van der Waals surface area contributed by atoms with Crippen LogP contribution in [0.3, 0.4) is 0 Å². The molecule has 0 spiro atoms. The number of ether oxygens (including phenoxy) is 1. The van der Waals surface area contributed by atoms with E-state index < -0.39 is 11.2 Å². The summed E-state index contributed by atoms with van der Waals surface area (Å²) in [5, 5.41) is 13.5. The molecule has 0 aromatic heterocycles. The molecule has 1 heterocycles. The summed E-state index contributed by atoms with van der Waals surface area (Å²) in [6, 6.07) is 0.265. The van der Waals surface area contributed by atoms with Crippen molar-refractivity contribution in [2.45, 2.75) is 70.1 Å². The number of hydrogen-bond acceptors (Lipinski definition) is 4. The summed E-state index contributed by atoms with van der Waals surface area (Å²) in [6.45, 7) is 7.73. The molecule has 1 aliphatic heterocycles. The van der Waals surface area contributed by atoms with Crippen molar-refractivity contribution in [1.82, 2.24) is 10.2 Å². The van der Waals surface area contributed by atoms with Gasteiger partial charge in [0, 0.05) is 25.7 Å². The molecule has 116 valence electrons. The first-order chi connectivity index (χ1) is 9.27. The third-order valence-corrected chi connectivity index (χ3v) is 4.08. The maximum Gasteiger partial charge on any atom is 0.410 e. The summed E-state index contributed by atoms with van der Waals surface area (Å²) in [7, 11) is 0. The molecule has 5 heteroatoms. The third kappa shape index (κ3) is 4.35. The predicted octanol–water partition coefficient (Wildman–Crippen LogP) is 1.89. The monoisotopic (exact) mass is 284 g/mol. The molecule has 2 aliphatic rings. The Hall–Kier alpha value is -0.810. The zero-order chi connectivity index (χ0) is 14.8. The molecule has 5 nitrogen and oxygen atoms in total. The number of rotatable bonds is 3. The zero-order valence-corrected chi connectivity index (χ0v) is 12.9. The maximum atomic E-state index is 12.1. The highest BCUT2D eigenvalue weighted by Crippen LogP contribution is 2.31. The van der Waals surface area contributed by atoms with E-state index in [0.717, 1.165) is 38.6 Å². The standard InChI is InChI=1S/C15H28N2O3/c1-14(2,3)20-13(18)17-9-4-6-12(10-17)16-11-15(19)7-5-8-15/h12,16,19H,4-11H2,1-3H3. The van der Waals surface area contributed by atoms with Crippen molar-refractivity contribution in [3.63, 3.8) is 0 Å². The number of piperidine rings is 1. The Morgan fingerprint density at radius 2 is 2.10 bits per heavy atom. The summed E-state index contributed by atoms with van der Waals surface area (Å²) in [4.78, 5) is 13.8. The van der Waals surface area contributed by atoms with Crippen LogP contribution in [0.25, 0.3) is 0 Å². The van der Waals surface area contributed by atoms with Crippen LogP contribution in [0.1, 0.15) is 52.9 Å². The number of carbonyl (C=O) groups is 1. The fourth-order valence-electron chi connectivity index (χ4n) is 2.73. The van der Waals surface area contributed by atoms with Crippen LogP contribution in [0, 0.1) is 0 Å². The zero-order valence-electron chi connectivity index (χ0n) is 12.9. The SMILES string of the molecule is CC(C)(C)OC(=O)N1CCCC(NCC2(O)CCC2)C1. The van der Waals surface area contributed by atoms with Gasteiger partial charge in [0.2, 0.25) is 0 Å². The van der Waals surface area contributed by atoms with Crippen LogP contribution in [0.2, 0.25) is 0 Å². The highest BCUT2D eigenvalue weighted by Gasteiger charge is 2.35. The maximum absolute atomic E-state index is 12.1. The lowest BCUT2D eigenvalue weighted by Crippen LogP contribution is -2.54. The number of aliphatic hydroxyl groups is 1. The number of nitrogens with zero attached hydrogens (tertiary/aromatic N) is 1.